The first-order valence-electron chi connectivity index (χ1n) is 9.71. The van der Waals surface area contributed by atoms with Crippen molar-refractivity contribution in [1.29, 1.82) is 0 Å². The van der Waals surface area contributed by atoms with Gasteiger partial charge in [-0.25, -0.2) is 4.79 Å². The zero-order valence-electron chi connectivity index (χ0n) is 16.5. The second-order valence-electron chi connectivity index (χ2n) is 7.21. The Morgan fingerprint density at radius 3 is 2.29 bits per heavy atom. The van der Waals surface area contributed by atoms with E-state index in [0.717, 1.165) is 11.3 Å². The topological polar surface area (TPSA) is 64.7 Å². The third kappa shape index (κ3) is 5.33. The molecule has 1 aliphatic rings. The lowest BCUT2D eigenvalue weighted by Crippen LogP contribution is -2.53. The van der Waals surface area contributed by atoms with Crippen molar-refractivity contribution in [3.05, 3.63) is 65.7 Å². The Hall–Kier alpha value is -2.86. The largest absolute Gasteiger partial charge is 0.331 e. The van der Waals surface area contributed by atoms with Gasteiger partial charge in [0.2, 0.25) is 5.91 Å². The predicted molar refractivity (Wildman–Crippen MR) is 111 cm³/mol. The van der Waals surface area contributed by atoms with Gasteiger partial charge in [0.15, 0.2) is 0 Å². The molecule has 3 amide bonds. The zero-order chi connectivity index (χ0) is 19.9. The molecule has 6 nitrogen and oxygen atoms in total. The Labute approximate surface area is 166 Å². The van der Waals surface area contributed by atoms with Crippen molar-refractivity contribution in [3.63, 3.8) is 0 Å². The van der Waals surface area contributed by atoms with Crippen LogP contribution in [0.15, 0.2) is 54.6 Å². The minimum Gasteiger partial charge on any atom is -0.331 e. The summed E-state index contributed by atoms with van der Waals surface area (Å²) in [6, 6.07) is 17.4. The molecule has 0 spiro atoms. The summed E-state index contributed by atoms with van der Waals surface area (Å²) in [5, 5.41) is 5.98. The Bertz CT molecular complexity index is 801. The van der Waals surface area contributed by atoms with Gasteiger partial charge < -0.3 is 15.5 Å². The van der Waals surface area contributed by atoms with E-state index in [4.69, 9.17) is 0 Å². The van der Waals surface area contributed by atoms with Gasteiger partial charge in [0.25, 0.3) is 0 Å². The molecule has 1 saturated heterocycles. The number of piperazine rings is 1. The van der Waals surface area contributed by atoms with Gasteiger partial charge in [-0.1, -0.05) is 42.5 Å². The van der Waals surface area contributed by atoms with Crippen molar-refractivity contribution < 1.29 is 9.59 Å². The monoisotopic (exact) mass is 380 g/mol. The van der Waals surface area contributed by atoms with Crippen LogP contribution in [0.5, 0.6) is 0 Å². The van der Waals surface area contributed by atoms with Crippen LogP contribution in [0.3, 0.4) is 0 Å². The van der Waals surface area contributed by atoms with Crippen LogP contribution < -0.4 is 10.6 Å². The molecule has 6 heteroatoms. The number of nitrogens with one attached hydrogen (secondary N) is 2. The maximum atomic E-state index is 12.6. The number of nitrogens with zero attached hydrogens (tertiary/aromatic N) is 2. The number of carbonyl (C=O) groups is 2. The van der Waals surface area contributed by atoms with Crippen LogP contribution in [0.4, 0.5) is 10.5 Å². The van der Waals surface area contributed by atoms with E-state index in [0.29, 0.717) is 32.7 Å². The molecule has 148 valence electrons. The summed E-state index contributed by atoms with van der Waals surface area (Å²) in [5.74, 6) is -0.0303. The lowest BCUT2D eigenvalue weighted by atomic mass is 10.0. The fraction of sp³-hybridized carbons (Fsp3) is 0.364. The number of benzene rings is 2. The first-order valence-corrected chi connectivity index (χ1v) is 9.71. The molecule has 2 N–H and O–H groups in total. The summed E-state index contributed by atoms with van der Waals surface area (Å²) in [4.78, 5) is 28.7. The van der Waals surface area contributed by atoms with E-state index in [-0.39, 0.29) is 18.0 Å². The van der Waals surface area contributed by atoms with Gasteiger partial charge >= 0.3 is 6.03 Å². The van der Waals surface area contributed by atoms with Crippen molar-refractivity contribution in [2.75, 3.05) is 38.0 Å². The molecule has 1 aliphatic heterocycles. The second kappa shape index (κ2) is 9.37. The number of carbonyl (C=O) groups excluding carboxylic acids is 2. The molecule has 0 saturated carbocycles. The highest BCUT2D eigenvalue weighted by molar-refractivity contribution is 5.92. The van der Waals surface area contributed by atoms with E-state index in [1.54, 1.807) is 0 Å². The van der Waals surface area contributed by atoms with Crippen molar-refractivity contribution in [2.45, 2.75) is 19.9 Å². The number of aryl methyl sites for hydroxylation is 1. The summed E-state index contributed by atoms with van der Waals surface area (Å²) < 4.78 is 0. The van der Waals surface area contributed by atoms with Gasteiger partial charge in [-0.05, 0) is 37.1 Å². The summed E-state index contributed by atoms with van der Waals surface area (Å²) >= 11 is 0. The Morgan fingerprint density at radius 1 is 0.964 bits per heavy atom. The highest BCUT2D eigenvalue weighted by atomic mass is 16.2. The standard InChI is InChI=1S/C22H28N4O2/c1-17-8-6-7-11-20(17)18(2)23-22(28)26-14-12-25(13-15-26)16-21(27)24-19-9-4-3-5-10-19/h3-11,18H,12-16H2,1-2H3,(H,23,28)(H,24,27). The van der Waals surface area contributed by atoms with Gasteiger partial charge in [-0.15, -0.1) is 0 Å². The van der Waals surface area contributed by atoms with Gasteiger partial charge in [0, 0.05) is 31.9 Å². The van der Waals surface area contributed by atoms with Crippen LogP contribution in [-0.2, 0) is 4.79 Å². The lowest BCUT2D eigenvalue weighted by molar-refractivity contribution is -0.117. The van der Waals surface area contributed by atoms with Crippen LogP contribution in [0, 0.1) is 6.92 Å². The number of urea groups is 1. The van der Waals surface area contributed by atoms with Gasteiger partial charge in [0.1, 0.15) is 0 Å². The molecule has 0 aliphatic carbocycles. The molecule has 28 heavy (non-hydrogen) atoms. The molecule has 0 radical (unpaired) electrons. The van der Waals surface area contributed by atoms with E-state index in [2.05, 4.69) is 28.5 Å². The van der Waals surface area contributed by atoms with Crippen LogP contribution in [0.1, 0.15) is 24.1 Å². The SMILES string of the molecule is Cc1ccccc1C(C)NC(=O)N1CCN(CC(=O)Nc2ccccc2)CC1. The van der Waals surface area contributed by atoms with Crippen molar-refractivity contribution in [2.24, 2.45) is 0 Å². The number of rotatable bonds is 5. The van der Waals surface area contributed by atoms with Crippen LogP contribution in [0.2, 0.25) is 0 Å². The molecule has 3 rings (SSSR count). The Kier molecular flexibility index (Phi) is 6.66. The molecular formula is C22H28N4O2. The molecule has 2 aromatic carbocycles. The molecule has 1 fully saturated rings. The third-order valence-corrected chi connectivity index (χ3v) is 5.08. The molecule has 2 aromatic rings. The molecule has 1 atom stereocenters. The zero-order valence-corrected chi connectivity index (χ0v) is 16.5. The Morgan fingerprint density at radius 2 is 1.61 bits per heavy atom. The predicted octanol–water partition coefficient (Wildman–Crippen LogP) is 3.02. The maximum absolute atomic E-state index is 12.6. The highest BCUT2D eigenvalue weighted by Gasteiger charge is 2.23. The molecule has 0 bridgehead atoms. The number of amides is 3. The van der Waals surface area contributed by atoms with E-state index >= 15 is 0 Å². The fourth-order valence-corrected chi connectivity index (χ4v) is 3.46. The molecule has 1 heterocycles. The minimum absolute atomic E-state index is 0.0303. The third-order valence-electron chi connectivity index (χ3n) is 5.08. The normalized spacial score (nSPS) is 15.7. The van der Waals surface area contributed by atoms with Crippen molar-refractivity contribution >= 4 is 17.6 Å². The fourth-order valence-electron chi connectivity index (χ4n) is 3.46. The van der Waals surface area contributed by atoms with Crippen LogP contribution in [-0.4, -0.2) is 54.5 Å². The number of hydrogen-bond donors (Lipinski definition) is 2. The smallest absolute Gasteiger partial charge is 0.317 e. The van der Waals surface area contributed by atoms with Crippen LogP contribution >= 0.6 is 0 Å². The van der Waals surface area contributed by atoms with Gasteiger partial charge in [-0.2, -0.15) is 0 Å². The highest BCUT2D eigenvalue weighted by Crippen LogP contribution is 2.17. The quantitative estimate of drug-likeness (QED) is 0.838. The minimum atomic E-state index is -0.0517. The average molecular weight is 380 g/mol. The first-order chi connectivity index (χ1) is 13.5. The van der Waals surface area contributed by atoms with E-state index < -0.39 is 0 Å². The van der Waals surface area contributed by atoms with E-state index in [9.17, 15) is 9.59 Å². The van der Waals surface area contributed by atoms with Crippen molar-refractivity contribution in [3.8, 4) is 0 Å². The summed E-state index contributed by atoms with van der Waals surface area (Å²) in [5.41, 5.74) is 3.10. The molecule has 1 unspecified atom stereocenters. The maximum Gasteiger partial charge on any atom is 0.317 e. The van der Waals surface area contributed by atoms with Gasteiger partial charge in [-0.3, -0.25) is 9.69 Å². The second-order valence-corrected chi connectivity index (χ2v) is 7.21. The summed E-state index contributed by atoms with van der Waals surface area (Å²) in [6.45, 7) is 7.00. The first kappa shape index (κ1) is 19.9. The summed E-state index contributed by atoms with van der Waals surface area (Å²) in [7, 11) is 0. The van der Waals surface area contributed by atoms with Crippen LogP contribution in [0.25, 0.3) is 0 Å². The molecule has 0 aromatic heterocycles. The number of para-hydroxylation sites is 1. The van der Waals surface area contributed by atoms with E-state index in [1.807, 2.05) is 60.4 Å². The molecular weight excluding hydrogens is 352 g/mol. The van der Waals surface area contributed by atoms with Crippen molar-refractivity contribution in [1.82, 2.24) is 15.1 Å². The Balaban J connectivity index is 1.44. The van der Waals surface area contributed by atoms with E-state index in [1.165, 1.54) is 5.56 Å². The lowest BCUT2D eigenvalue weighted by Gasteiger charge is -2.35. The summed E-state index contributed by atoms with van der Waals surface area (Å²) in [6.07, 6.45) is 0. The number of hydrogen-bond acceptors (Lipinski definition) is 3. The number of anilines is 1. The average Bonchev–Trinajstić information content (AvgIpc) is 2.69. The van der Waals surface area contributed by atoms with Gasteiger partial charge in [0.05, 0.1) is 12.6 Å².